The molecule has 2 nitrogen and oxygen atoms in total. The number of fused-ring (bicyclic) bond motifs is 8. The van der Waals surface area contributed by atoms with Gasteiger partial charge in [-0.25, -0.2) is 0 Å². The molecule has 0 aliphatic heterocycles. The minimum atomic E-state index is 0.916. The van der Waals surface area contributed by atoms with Crippen LogP contribution in [0.5, 0.6) is 0 Å². The summed E-state index contributed by atoms with van der Waals surface area (Å²) in [4.78, 5) is 3.66. The van der Waals surface area contributed by atoms with Crippen LogP contribution in [0.3, 0.4) is 0 Å². The summed E-state index contributed by atoms with van der Waals surface area (Å²) in [5.41, 5.74) is 8.94. The van der Waals surface area contributed by atoms with Crippen LogP contribution in [0, 0.1) is 0 Å². The predicted octanol–water partition coefficient (Wildman–Crippen LogP) is 10.9. The van der Waals surface area contributed by atoms with Gasteiger partial charge in [-0.05, 0) is 92.3 Å². The molecule has 2 heteroatoms. The van der Waals surface area contributed by atoms with Crippen molar-refractivity contribution in [2.24, 2.45) is 0 Å². The summed E-state index contributed by atoms with van der Waals surface area (Å²) in [6, 6.07) is 48.0. The van der Waals surface area contributed by atoms with Crippen LogP contribution in [-0.4, -0.2) is 4.98 Å². The zero-order chi connectivity index (χ0) is 26.2. The molecule has 0 aliphatic carbocycles. The van der Waals surface area contributed by atoms with Crippen LogP contribution in [0.1, 0.15) is 0 Å². The minimum Gasteiger partial charge on any atom is -0.456 e. The topological polar surface area (TPSA) is 28.9 Å². The fourth-order valence-corrected chi connectivity index (χ4v) is 6.47. The molecule has 1 N–H and O–H groups in total. The van der Waals surface area contributed by atoms with E-state index in [4.69, 9.17) is 4.42 Å². The zero-order valence-electron chi connectivity index (χ0n) is 21.6. The highest BCUT2D eigenvalue weighted by Gasteiger charge is 2.14. The molecule has 9 aromatic rings. The van der Waals surface area contributed by atoms with Crippen molar-refractivity contribution in [1.82, 2.24) is 4.98 Å². The normalized spacial score (nSPS) is 12.0. The lowest BCUT2D eigenvalue weighted by Gasteiger charge is -2.10. The van der Waals surface area contributed by atoms with Crippen LogP contribution in [-0.2, 0) is 0 Å². The van der Waals surface area contributed by atoms with Gasteiger partial charge >= 0.3 is 0 Å². The summed E-state index contributed by atoms with van der Waals surface area (Å²) in [5.74, 6) is 0. The maximum atomic E-state index is 6.24. The van der Waals surface area contributed by atoms with Crippen molar-refractivity contribution in [3.05, 3.63) is 133 Å². The number of hydrogen-bond acceptors (Lipinski definition) is 1. The Bertz CT molecular complexity index is 2440. The molecular weight excluding hydrogens is 486 g/mol. The number of aromatic nitrogens is 1. The smallest absolute Gasteiger partial charge is 0.136 e. The number of furan rings is 1. The quantitative estimate of drug-likeness (QED) is 0.231. The number of benzene rings is 7. The largest absolute Gasteiger partial charge is 0.456 e. The van der Waals surface area contributed by atoms with Gasteiger partial charge in [0.1, 0.15) is 11.2 Å². The second-order valence-electron chi connectivity index (χ2n) is 10.6. The van der Waals surface area contributed by atoms with Gasteiger partial charge in [0.15, 0.2) is 0 Å². The molecule has 0 unspecified atom stereocenters. The third-order valence-corrected chi connectivity index (χ3v) is 8.37. The summed E-state index contributed by atoms with van der Waals surface area (Å²) in [6.07, 6.45) is 0. The van der Waals surface area contributed by atoms with E-state index >= 15 is 0 Å². The van der Waals surface area contributed by atoms with Crippen molar-refractivity contribution < 1.29 is 4.42 Å². The van der Waals surface area contributed by atoms with Gasteiger partial charge in [0.2, 0.25) is 0 Å². The van der Waals surface area contributed by atoms with Gasteiger partial charge in [-0.2, -0.15) is 0 Å². The van der Waals surface area contributed by atoms with Gasteiger partial charge < -0.3 is 9.40 Å². The number of aromatic amines is 1. The molecule has 0 aliphatic rings. The Balaban J connectivity index is 1.27. The van der Waals surface area contributed by atoms with E-state index in [2.05, 4.69) is 126 Å². The van der Waals surface area contributed by atoms with Crippen molar-refractivity contribution in [1.29, 1.82) is 0 Å². The Labute approximate surface area is 230 Å². The first-order chi connectivity index (χ1) is 19.8. The Morgan fingerprint density at radius 3 is 2.08 bits per heavy atom. The number of para-hydroxylation sites is 1. The van der Waals surface area contributed by atoms with E-state index in [0.29, 0.717) is 0 Å². The first-order valence-corrected chi connectivity index (χ1v) is 13.7. The van der Waals surface area contributed by atoms with Crippen LogP contribution in [0.4, 0.5) is 0 Å². The first-order valence-electron chi connectivity index (χ1n) is 13.7. The summed E-state index contributed by atoms with van der Waals surface area (Å²) in [5, 5.41) is 9.83. The van der Waals surface area contributed by atoms with Crippen molar-refractivity contribution in [3.8, 4) is 22.3 Å². The van der Waals surface area contributed by atoms with E-state index in [1.807, 2.05) is 12.1 Å². The third kappa shape index (κ3) is 3.11. The Hall–Kier alpha value is -5.34. The van der Waals surface area contributed by atoms with Crippen molar-refractivity contribution in [2.75, 3.05) is 0 Å². The average Bonchev–Trinajstić information content (AvgIpc) is 3.57. The van der Waals surface area contributed by atoms with Crippen molar-refractivity contribution >= 4 is 65.3 Å². The molecule has 40 heavy (non-hydrogen) atoms. The lowest BCUT2D eigenvalue weighted by atomic mass is 9.93. The van der Waals surface area contributed by atoms with E-state index in [9.17, 15) is 0 Å². The van der Waals surface area contributed by atoms with Gasteiger partial charge in [-0.15, -0.1) is 0 Å². The molecule has 0 atom stereocenters. The molecule has 2 heterocycles. The summed E-state index contributed by atoms with van der Waals surface area (Å²) < 4.78 is 6.24. The number of hydrogen-bond donors (Lipinski definition) is 1. The molecule has 0 saturated heterocycles. The van der Waals surface area contributed by atoms with Gasteiger partial charge in [0.05, 0.1) is 0 Å². The standard InChI is InChI=1S/C38H23NO/c1-2-8-24-20-32-25(19-23(24)7-1)9-5-11-28(32)26-16-18-34-33(21-26)38-29(12-6-13-35(38)39-34)27-15-17-31-30-10-3-4-14-36(30)40-37(31)22-27/h1-22,39H. The van der Waals surface area contributed by atoms with E-state index in [1.165, 1.54) is 49.0 Å². The highest BCUT2D eigenvalue weighted by Crippen LogP contribution is 2.40. The molecule has 0 fully saturated rings. The van der Waals surface area contributed by atoms with E-state index < -0.39 is 0 Å². The maximum Gasteiger partial charge on any atom is 0.136 e. The van der Waals surface area contributed by atoms with Crippen LogP contribution in [0.15, 0.2) is 138 Å². The van der Waals surface area contributed by atoms with Crippen LogP contribution < -0.4 is 0 Å². The SMILES string of the molecule is c1ccc2cc3c(-c4ccc5[nH]c6cccc(-c7ccc8c(c7)oc7ccccc78)c6c5c4)cccc3cc2c1. The van der Waals surface area contributed by atoms with E-state index in [1.54, 1.807) is 0 Å². The zero-order valence-corrected chi connectivity index (χ0v) is 21.6. The minimum absolute atomic E-state index is 0.916. The molecule has 7 aromatic carbocycles. The van der Waals surface area contributed by atoms with Gasteiger partial charge in [0, 0.05) is 32.6 Å². The van der Waals surface area contributed by atoms with Gasteiger partial charge in [-0.1, -0.05) is 84.9 Å². The number of H-pyrrole nitrogens is 1. The molecule has 0 radical (unpaired) electrons. The van der Waals surface area contributed by atoms with Crippen molar-refractivity contribution in [2.45, 2.75) is 0 Å². The van der Waals surface area contributed by atoms with Crippen LogP contribution in [0.2, 0.25) is 0 Å². The highest BCUT2D eigenvalue weighted by molar-refractivity contribution is 6.16. The molecule has 0 spiro atoms. The third-order valence-electron chi connectivity index (χ3n) is 8.37. The molecule has 2 aromatic heterocycles. The summed E-state index contributed by atoms with van der Waals surface area (Å²) in [6.45, 7) is 0. The Morgan fingerprint density at radius 2 is 1.12 bits per heavy atom. The van der Waals surface area contributed by atoms with Crippen molar-refractivity contribution in [3.63, 3.8) is 0 Å². The highest BCUT2D eigenvalue weighted by atomic mass is 16.3. The Kier molecular flexibility index (Phi) is 4.36. The molecule has 186 valence electrons. The lowest BCUT2D eigenvalue weighted by Crippen LogP contribution is -1.84. The fourth-order valence-electron chi connectivity index (χ4n) is 6.47. The summed E-state index contributed by atoms with van der Waals surface area (Å²) >= 11 is 0. The predicted molar refractivity (Wildman–Crippen MR) is 169 cm³/mol. The maximum absolute atomic E-state index is 6.24. The monoisotopic (exact) mass is 509 g/mol. The fraction of sp³-hybridized carbons (Fsp3) is 0. The van der Waals surface area contributed by atoms with Crippen LogP contribution >= 0.6 is 0 Å². The molecule has 0 saturated carbocycles. The van der Waals surface area contributed by atoms with Crippen LogP contribution in [0.25, 0.3) is 87.5 Å². The number of rotatable bonds is 2. The summed E-state index contributed by atoms with van der Waals surface area (Å²) in [7, 11) is 0. The van der Waals surface area contributed by atoms with E-state index in [-0.39, 0.29) is 0 Å². The molecule has 0 amide bonds. The molecule has 0 bridgehead atoms. The van der Waals surface area contributed by atoms with Gasteiger partial charge in [-0.3, -0.25) is 0 Å². The second kappa shape index (κ2) is 8.08. The average molecular weight is 510 g/mol. The molecular formula is C38H23NO. The number of nitrogens with one attached hydrogen (secondary N) is 1. The lowest BCUT2D eigenvalue weighted by molar-refractivity contribution is 0.669. The van der Waals surface area contributed by atoms with E-state index in [0.717, 1.165) is 38.5 Å². The Morgan fingerprint density at radius 1 is 0.400 bits per heavy atom. The molecule has 9 rings (SSSR count). The second-order valence-corrected chi connectivity index (χ2v) is 10.6. The van der Waals surface area contributed by atoms with Gasteiger partial charge in [0.25, 0.3) is 0 Å². The first kappa shape index (κ1) is 21.6.